The molecule has 1 atom stereocenters. The molecular weight excluding hydrogens is 388 g/mol. The first kappa shape index (κ1) is 29.9. The van der Waals surface area contributed by atoms with Gasteiger partial charge in [0.15, 0.2) is 0 Å². The molecule has 0 heterocycles. The van der Waals surface area contributed by atoms with E-state index in [4.69, 9.17) is 9.47 Å². The average Bonchev–Trinajstić information content (AvgIpc) is 2.76. The van der Waals surface area contributed by atoms with Gasteiger partial charge in [-0.1, -0.05) is 104 Å². The van der Waals surface area contributed by atoms with Crippen LogP contribution in [0.5, 0.6) is 0 Å². The van der Waals surface area contributed by atoms with Gasteiger partial charge in [-0.15, -0.1) is 0 Å². The van der Waals surface area contributed by atoms with Crippen LogP contribution in [0.25, 0.3) is 0 Å². The summed E-state index contributed by atoms with van der Waals surface area (Å²) in [4.78, 5) is 23.5. The lowest BCUT2D eigenvalue weighted by atomic mass is 9.97. The van der Waals surface area contributed by atoms with E-state index in [1.807, 2.05) is 0 Å². The Morgan fingerprint density at radius 1 is 0.548 bits per heavy atom. The molecule has 4 nitrogen and oxygen atoms in total. The SMILES string of the molecule is CCCCCCCOC(=O)CCCCCCCC(C)CCC(=O)OCCCCCCC. The van der Waals surface area contributed by atoms with Crippen LogP contribution in [-0.4, -0.2) is 25.2 Å². The molecule has 0 aliphatic rings. The fraction of sp³-hybridized carbons (Fsp3) is 0.926. The number of carbonyl (C=O) groups is 2. The standard InChI is InChI=1S/C27H52O4/c1-4-6-8-13-17-23-30-26(28)20-16-12-10-11-15-19-25(3)21-22-27(29)31-24-18-14-9-7-5-2/h25H,4-24H2,1-3H3. The zero-order valence-electron chi connectivity index (χ0n) is 21.1. The molecule has 0 rings (SSSR count). The average molecular weight is 441 g/mol. The highest BCUT2D eigenvalue weighted by molar-refractivity contribution is 5.69. The third kappa shape index (κ3) is 23.4. The number of unbranched alkanes of at least 4 members (excludes halogenated alkanes) is 12. The van der Waals surface area contributed by atoms with Gasteiger partial charge in [-0.3, -0.25) is 9.59 Å². The Kier molecular flexibility index (Phi) is 22.8. The van der Waals surface area contributed by atoms with Crippen molar-refractivity contribution in [3.05, 3.63) is 0 Å². The molecule has 0 bridgehead atoms. The normalized spacial score (nSPS) is 12.0. The molecular formula is C27H52O4. The molecule has 0 spiro atoms. The molecule has 0 radical (unpaired) electrons. The Labute approximate surface area is 193 Å². The van der Waals surface area contributed by atoms with Gasteiger partial charge < -0.3 is 9.47 Å². The predicted octanol–water partition coefficient (Wildman–Crippen LogP) is 8.16. The molecule has 0 N–H and O–H groups in total. The fourth-order valence-electron chi connectivity index (χ4n) is 3.73. The number of esters is 2. The Morgan fingerprint density at radius 3 is 1.58 bits per heavy atom. The smallest absolute Gasteiger partial charge is 0.305 e. The van der Waals surface area contributed by atoms with Crippen molar-refractivity contribution < 1.29 is 19.1 Å². The molecule has 0 fully saturated rings. The van der Waals surface area contributed by atoms with Crippen molar-refractivity contribution in [2.75, 3.05) is 13.2 Å². The van der Waals surface area contributed by atoms with Gasteiger partial charge in [-0.25, -0.2) is 0 Å². The number of hydrogen-bond donors (Lipinski definition) is 0. The summed E-state index contributed by atoms with van der Waals surface area (Å²) in [5.41, 5.74) is 0. The minimum atomic E-state index is -0.0322. The lowest BCUT2D eigenvalue weighted by Crippen LogP contribution is -2.08. The van der Waals surface area contributed by atoms with Crippen LogP contribution in [-0.2, 0) is 19.1 Å². The Balaban J connectivity index is 3.39. The van der Waals surface area contributed by atoms with E-state index in [9.17, 15) is 9.59 Å². The van der Waals surface area contributed by atoms with Gasteiger partial charge in [0.05, 0.1) is 13.2 Å². The molecule has 184 valence electrons. The van der Waals surface area contributed by atoms with E-state index in [2.05, 4.69) is 20.8 Å². The third-order valence-corrected chi connectivity index (χ3v) is 5.94. The predicted molar refractivity (Wildman–Crippen MR) is 130 cm³/mol. The van der Waals surface area contributed by atoms with E-state index >= 15 is 0 Å². The second-order valence-electron chi connectivity index (χ2n) is 9.22. The van der Waals surface area contributed by atoms with Gasteiger partial charge in [-0.05, 0) is 31.6 Å². The molecule has 31 heavy (non-hydrogen) atoms. The summed E-state index contributed by atoms with van der Waals surface area (Å²) in [6, 6.07) is 0. The first-order valence-electron chi connectivity index (χ1n) is 13.4. The van der Waals surface area contributed by atoms with Crippen molar-refractivity contribution in [1.29, 1.82) is 0 Å². The maximum Gasteiger partial charge on any atom is 0.305 e. The van der Waals surface area contributed by atoms with Gasteiger partial charge in [0.25, 0.3) is 0 Å². The maximum absolute atomic E-state index is 11.8. The lowest BCUT2D eigenvalue weighted by Gasteiger charge is -2.11. The van der Waals surface area contributed by atoms with Crippen molar-refractivity contribution in [3.63, 3.8) is 0 Å². The summed E-state index contributed by atoms with van der Waals surface area (Å²) in [6.45, 7) is 7.82. The van der Waals surface area contributed by atoms with Crippen LogP contribution in [0.3, 0.4) is 0 Å². The highest BCUT2D eigenvalue weighted by atomic mass is 16.5. The number of hydrogen-bond acceptors (Lipinski definition) is 4. The molecule has 1 unspecified atom stereocenters. The minimum Gasteiger partial charge on any atom is -0.466 e. The first-order chi connectivity index (χ1) is 15.1. The Morgan fingerprint density at radius 2 is 1.00 bits per heavy atom. The van der Waals surface area contributed by atoms with Crippen LogP contribution in [0, 0.1) is 5.92 Å². The number of carbonyl (C=O) groups excluding carboxylic acids is 2. The van der Waals surface area contributed by atoms with E-state index in [0.717, 1.165) is 38.5 Å². The minimum absolute atomic E-state index is 0.0306. The van der Waals surface area contributed by atoms with Gasteiger partial charge in [0, 0.05) is 12.8 Å². The van der Waals surface area contributed by atoms with Crippen LogP contribution in [0.2, 0.25) is 0 Å². The van der Waals surface area contributed by atoms with Crippen molar-refractivity contribution in [1.82, 2.24) is 0 Å². The summed E-state index contributed by atoms with van der Waals surface area (Å²) >= 11 is 0. The number of rotatable bonds is 23. The second-order valence-corrected chi connectivity index (χ2v) is 9.22. The largest absolute Gasteiger partial charge is 0.466 e. The summed E-state index contributed by atoms with van der Waals surface area (Å²) in [6.07, 6.45) is 20.7. The van der Waals surface area contributed by atoms with Crippen LogP contribution in [0.1, 0.15) is 143 Å². The van der Waals surface area contributed by atoms with E-state index in [0.29, 0.717) is 32.0 Å². The topological polar surface area (TPSA) is 52.6 Å². The summed E-state index contributed by atoms with van der Waals surface area (Å²) in [5.74, 6) is 0.511. The molecule has 4 heteroatoms. The lowest BCUT2D eigenvalue weighted by molar-refractivity contribution is -0.145. The van der Waals surface area contributed by atoms with Crippen molar-refractivity contribution in [3.8, 4) is 0 Å². The first-order valence-corrected chi connectivity index (χ1v) is 13.4. The summed E-state index contributed by atoms with van der Waals surface area (Å²) in [7, 11) is 0. The summed E-state index contributed by atoms with van der Waals surface area (Å²) < 4.78 is 10.6. The van der Waals surface area contributed by atoms with Gasteiger partial charge in [-0.2, -0.15) is 0 Å². The highest BCUT2D eigenvalue weighted by Crippen LogP contribution is 2.17. The van der Waals surface area contributed by atoms with Crippen LogP contribution >= 0.6 is 0 Å². The molecule has 0 aromatic heterocycles. The molecule has 0 aliphatic heterocycles. The van der Waals surface area contributed by atoms with Gasteiger partial charge in [0.1, 0.15) is 0 Å². The van der Waals surface area contributed by atoms with Crippen LogP contribution < -0.4 is 0 Å². The quantitative estimate of drug-likeness (QED) is 0.119. The molecule has 0 saturated carbocycles. The van der Waals surface area contributed by atoms with E-state index in [-0.39, 0.29) is 11.9 Å². The Bertz CT molecular complexity index is 408. The van der Waals surface area contributed by atoms with E-state index in [1.165, 1.54) is 70.6 Å². The van der Waals surface area contributed by atoms with Gasteiger partial charge in [0.2, 0.25) is 0 Å². The zero-order chi connectivity index (χ0) is 23.0. The summed E-state index contributed by atoms with van der Waals surface area (Å²) in [5, 5.41) is 0. The van der Waals surface area contributed by atoms with Crippen molar-refractivity contribution in [2.24, 2.45) is 5.92 Å². The fourth-order valence-corrected chi connectivity index (χ4v) is 3.73. The van der Waals surface area contributed by atoms with Crippen LogP contribution in [0.4, 0.5) is 0 Å². The third-order valence-electron chi connectivity index (χ3n) is 5.94. The second kappa shape index (κ2) is 23.6. The Hall–Kier alpha value is -1.06. The monoisotopic (exact) mass is 440 g/mol. The molecule has 0 aromatic carbocycles. The highest BCUT2D eigenvalue weighted by Gasteiger charge is 2.08. The molecule has 0 amide bonds. The van der Waals surface area contributed by atoms with E-state index < -0.39 is 0 Å². The maximum atomic E-state index is 11.8. The van der Waals surface area contributed by atoms with Crippen LogP contribution in [0.15, 0.2) is 0 Å². The molecule has 0 saturated heterocycles. The zero-order valence-corrected chi connectivity index (χ0v) is 21.1. The van der Waals surface area contributed by atoms with Gasteiger partial charge >= 0.3 is 11.9 Å². The van der Waals surface area contributed by atoms with Crippen molar-refractivity contribution in [2.45, 2.75) is 143 Å². The van der Waals surface area contributed by atoms with E-state index in [1.54, 1.807) is 0 Å². The molecule has 0 aliphatic carbocycles. The van der Waals surface area contributed by atoms with Crippen molar-refractivity contribution >= 4 is 11.9 Å². The number of ether oxygens (including phenoxy) is 2. The molecule has 0 aromatic rings.